The summed E-state index contributed by atoms with van der Waals surface area (Å²) in [6.45, 7) is 4.33. The number of hydrogen-bond donors (Lipinski definition) is 2. The maximum Gasteiger partial charge on any atom is 0.290 e. The van der Waals surface area contributed by atoms with E-state index in [2.05, 4.69) is 16.8 Å². The van der Waals surface area contributed by atoms with E-state index in [0.717, 1.165) is 11.3 Å². The molecule has 1 aliphatic heterocycles. The molecule has 10 nitrogen and oxygen atoms in total. The summed E-state index contributed by atoms with van der Waals surface area (Å²) in [6.07, 6.45) is 1.39. The number of nitrogens with two attached hydrogens (primary N) is 1. The van der Waals surface area contributed by atoms with Crippen molar-refractivity contribution in [1.29, 1.82) is 5.26 Å². The fourth-order valence-corrected chi connectivity index (χ4v) is 4.46. The molecule has 4 aromatic rings. The molecular weight excluding hydrogens is 458 g/mol. The molecule has 1 aliphatic rings. The van der Waals surface area contributed by atoms with Crippen LogP contribution in [0.1, 0.15) is 18.9 Å². The molecule has 1 atom stereocenters. The maximum atomic E-state index is 12.9. The molecule has 2 aromatic heterocycles. The van der Waals surface area contributed by atoms with Crippen LogP contribution in [0.4, 0.5) is 5.82 Å². The molecule has 1 fully saturated rings. The smallest absolute Gasteiger partial charge is 0.290 e. The number of hydrogen-bond acceptors (Lipinski definition) is 7. The number of nitrogens with zero attached hydrogens (tertiary/aromatic N) is 5. The van der Waals surface area contributed by atoms with E-state index in [1.807, 2.05) is 60.7 Å². The third-order valence-corrected chi connectivity index (χ3v) is 6.19. The van der Waals surface area contributed by atoms with Crippen LogP contribution >= 0.6 is 0 Å². The fraction of sp³-hybridized carbons (Fsp3) is 0.192. The van der Waals surface area contributed by atoms with Crippen molar-refractivity contribution in [2.75, 3.05) is 18.8 Å². The number of amides is 1. The van der Waals surface area contributed by atoms with Crippen molar-refractivity contribution in [2.45, 2.75) is 18.9 Å². The average molecular weight is 482 g/mol. The first-order chi connectivity index (χ1) is 17.5. The van der Waals surface area contributed by atoms with Crippen LogP contribution < -0.4 is 16.0 Å². The van der Waals surface area contributed by atoms with E-state index >= 15 is 0 Å². The van der Waals surface area contributed by atoms with Crippen molar-refractivity contribution >= 4 is 22.6 Å². The standard InChI is InChI=1S/C26H23N7O3/c1-16(14-27)26(35)32-13-5-6-18(15-32)33-23-21(24(28)29-30-25(23)34)22(31-33)17-9-11-20(12-10-17)36-19-7-3-2-4-8-19/h2-4,7-12,18H,1,5-6,13,15H2,(H2,28,29)(H,30,34)/t18-/m1/s1. The highest BCUT2D eigenvalue weighted by Crippen LogP contribution is 2.34. The van der Waals surface area contributed by atoms with Gasteiger partial charge in [-0.3, -0.25) is 14.3 Å². The summed E-state index contributed by atoms with van der Waals surface area (Å²) in [5.41, 5.74) is 7.20. The van der Waals surface area contributed by atoms with Crippen LogP contribution in [0, 0.1) is 11.3 Å². The Morgan fingerprint density at radius 2 is 1.89 bits per heavy atom. The highest BCUT2D eigenvalue weighted by Gasteiger charge is 2.30. The van der Waals surface area contributed by atoms with E-state index in [1.165, 1.54) is 0 Å². The van der Waals surface area contributed by atoms with E-state index in [-0.39, 0.29) is 17.4 Å². The van der Waals surface area contributed by atoms with Crippen LogP contribution in [-0.2, 0) is 4.79 Å². The molecule has 3 N–H and O–H groups in total. The number of para-hydroxylation sites is 1. The van der Waals surface area contributed by atoms with Gasteiger partial charge in [-0.05, 0) is 49.2 Å². The van der Waals surface area contributed by atoms with Gasteiger partial charge < -0.3 is 15.4 Å². The Hall–Kier alpha value is -4.91. The number of piperidine rings is 1. The summed E-state index contributed by atoms with van der Waals surface area (Å²) in [4.78, 5) is 27.0. The number of H-pyrrole nitrogens is 1. The number of aromatic amines is 1. The zero-order valence-electron chi connectivity index (χ0n) is 19.3. The lowest BCUT2D eigenvalue weighted by molar-refractivity contribution is -0.128. The van der Waals surface area contributed by atoms with Crippen LogP contribution in [-0.4, -0.2) is 43.9 Å². The number of nitrogens with one attached hydrogen (secondary N) is 1. The molecule has 0 spiro atoms. The van der Waals surface area contributed by atoms with Crippen molar-refractivity contribution in [3.05, 3.63) is 77.1 Å². The van der Waals surface area contributed by atoms with Crippen LogP contribution in [0.2, 0.25) is 0 Å². The van der Waals surface area contributed by atoms with Gasteiger partial charge in [0.15, 0.2) is 5.82 Å². The number of nitrogen functional groups attached to an aromatic ring is 1. The Balaban J connectivity index is 1.53. The molecule has 10 heteroatoms. The molecule has 0 aliphatic carbocycles. The van der Waals surface area contributed by atoms with Gasteiger partial charge in [0, 0.05) is 18.7 Å². The van der Waals surface area contributed by atoms with Crippen molar-refractivity contribution in [1.82, 2.24) is 24.9 Å². The second kappa shape index (κ2) is 9.38. The molecule has 0 bridgehead atoms. The quantitative estimate of drug-likeness (QED) is 0.328. The number of likely N-dealkylation sites (tertiary alicyclic amines) is 1. The summed E-state index contributed by atoms with van der Waals surface area (Å²) >= 11 is 0. The second-order valence-electron chi connectivity index (χ2n) is 8.53. The lowest BCUT2D eigenvalue weighted by Gasteiger charge is -2.32. The van der Waals surface area contributed by atoms with Crippen LogP contribution in [0.15, 0.2) is 71.5 Å². The van der Waals surface area contributed by atoms with Gasteiger partial charge in [-0.25, -0.2) is 5.10 Å². The molecule has 0 radical (unpaired) electrons. The lowest BCUT2D eigenvalue weighted by Crippen LogP contribution is -2.41. The number of benzene rings is 2. The number of carbonyl (C=O) groups is 1. The summed E-state index contributed by atoms with van der Waals surface area (Å²) in [6, 6.07) is 18.3. The number of fused-ring (bicyclic) bond motifs is 1. The number of carbonyl (C=O) groups excluding carboxylic acids is 1. The zero-order valence-corrected chi connectivity index (χ0v) is 19.3. The van der Waals surface area contributed by atoms with E-state index < -0.39 is 11.5 Å². The minimum atomic E-state index is -0.424. The van der Waals surface area contributed by atoms with E-state index in [0.29, 0.717) is 48.3 Å². The topological polar surface area (TPSA) is 143 Å². The van der Waals surface area contributed by atoms with Crippen molar-refractivity contribution in [2.24, 2.45) is 0 Å². The molecule has 1 saturated heterocycles. The predicted octanol–water partition coefficient (Wildman–Crippen LogP) is 3.40. The zero-order chi connectivity index (χ0) is 25.2. The van der Waals surface area contributed by atoms with Gasteiger partial charge in [0.05, 0.1) is 11.4 Å². The molecule has 180 valence electrons. The van der Waals surface area contributed by atoms with E-state index in [1.54, 1.807) is 9.58 Å². The number of nitriles is 1. The van der Waals surface area contributed by atoms with Crippen LogP contribution in [0.5, 0.6) is 11.5 Å². The fourth-order valence-electron chi connectivity index (χ4n) is 4.46. The van der Waals surface area contributed by atoms with Gasteiger partial charge in [0.2, 0.25) is 0 Å². The molecular formula is C26H23N7O3. The highest BCUT2D eigenvalue weighted by molar-refractivity contribution is 6.00. The first-order valence-electron chi connectivity index (χ1n) is 11.4. The summed E-state index contributed by atoms with van der Waals surface area (Å²) in [5, 5.41) is 20.7. The Kier molecular flexibility index (Phi) is 5.96. The average Bonchev–Trinajstić information content (AvgIpc) is 3.33. The highest BCUT2D eigenvalue weighted by atomic mass is 16.5. The third kappa shape index (κ3) is 4.18. The molecule has 1 amide bonds. The Morgan fingerprint density at radius 1 is 1.17 bits per heavy atom. The van der Waals surface area contributed by atoms with Crippen molar-refractivity contribution < 1.29 is 9.53 Å². The number of aromatic nitrogens is 4. The monoisotopic (exact) mass is 481 g/mol. The normalized spacial score (nSPS) is 15.4. The SMILES string of the molecule is C=C(C#N)C(=O)N1CCC[C@@H](n2nc(-c3ccc(Oc4ccccc4)cc3)c3c(N)n[nH]c(=O)c32)C1. The summed E-state index contributed by atoms with van der Waals surface area (Å²) in [7, 11) is 0. The van der Waals surface area contributed by atoms with Crippen molar-refractivity contribution in [3.63, 3.8) is 0 Å². The van der Waals surface area contributed by atoms with Gasteiger partial charge >= 0.3 is 0 Å². The number of anilines is 1. The van der Waals surface area contributed by atoms with Gasteiger partial charge in [0.25, 0.3) is 11.5 Å². The molecule has 2 aromatic carbocycles. The molecule has 5 rings (SSSR count). The Bertz CT molecular complexity index is 1550. The predicted molar refractivity (Wildman–Crippen MR) is 134 cm³/mol. The lowest BCUT2D eigenvalue weighted by atomic mass is 10.0. The summed E-state index contributed by atoms with van der Waals surface area (Å²) in [5.74, 6) is 1.10. The minimum Gasteiger partial charge on any atom is -0.457 e. The van der Waals surface area contributed by atoms with Gasteiger partial charge in [0.1, 0.15) is 34.4 Å². The largest absolute Gasteiger partial charge is 0.457 e. The summed E-state index contributed by atoms with van der Waals surface area (Å²) < 4.78 is 7.51. The second-order valence-corrected chi connectivity index (χ2v) is 8.53. The molecule has 36 heavy (non-hydrogen) atoms. The maximum absolute atomic E-state index is 12.9. The van der Waals surface area contributed by atoms with Crippen LogP contribution in [0.3, 0.4) is 0 Å². The van der Waals surface area contributed by atoms with Crippen molar-refractivity contribution in [3.8, 4) is 28.8 Å². The van der Waals surface area contributed by atoms with Gasteiger partial charge in [-0.1, -0.05) is 24.8 Å². The Morgan fingerprint density at radius 3 is 2.61 bits per heavy atom. The van der Waals surface area contributed by atoms with E-state index in [9.17, 15) is 9.59 Å². The third-order valence-electron chi connectivity index (χ3n) is 6.19. The molecule has 3 heterocycles. The molecule has 0 unspecified atom stereocenters. The molecule has 0 saturated carbocycles. The van der Waals surface area contributed by atoms with Gasteiger partial charge in [-0.15, -0.1) is 0 Å². The first kappa shape index (κ1) is 22.9. The number of ether oxygens (including phenoxy) is 1. The van der Waals surface area contributed by atoms with Crippen LogP contribution in [0.25, 0.3) is 22.2 Å². The van der Waals surface area contributed by atoms with E-state index in [4.69, 9.17) is 20.8 Å². The number of rotatable bonds is 5. The first-order valence-corrected chi connectivity index (χ1v) is 11.4. The minimum absolute atomic E-state index is 0.120. The Labute approximate surface area is 206 Å². The van der Waals surface area contributed by atoms with Gasteiger partial charge in [-0.2, -0.15) is 15.5 Å².